The van der Waals surface area contributed by atoms with E-state index in [1.807, 2.05) is 100 Å². The molecule has 2 N–H and O–H groups in total. The molecule has 14 heteroatoms. The fourth-order valence-corrected chi connectivity index (χ4v) is 8.84. The van der Waals surface area contributed by atoms with Gasteiger partial charge in [-0.15, -0.1) is 0 Å². The first-order valence-electron chi connectivity index (χ1n) is 24.1. The van der Waals surface area contributed by atoms with E-state index in [2.05, 4.69) is 20.7 Å². The number of carbonyl (C=O) groups excluding carboxylic acids is 6. The summed E-state index contributed by atoms with van der Waals surface area (Å²) in [5.41, 5.74) is 3.02. The number of morpholine rings is 1. The van der Waals surface area contributed by atoms with Gasteiger partial charge in [-0.05, 0) is 93.0 Å². The van der Waals surface area contributed by atoms with Crippen LogP contribution in [0.2, 0.25) is 0 Å². The van der Waals surface area contributed by atoms with Crippen molar-refractivity contribution in [3.05, 3.63) is 101 Å². The summed E-state index contributed by atoms with van der Waals surface area (Å²) in [6, 6.07) is 22.9. The highest BCUT2D eigenvalue weighted by molar-refractivity contribution is 6.01. The minimum Gasteiger partial charge on any atom is -0.426 e. The van der Waals surface area contributed by atoms with Crippen LogP contribution in [0.4, 0.5) is 0 Å². The number of carbonyl (C=O) groups is 6. The molecule has 0 radical (unpaired) electrons. The minimum atomic E-state index is -0.933. The molecule has 2 amide bonds. The van der Waals surface area contributed by atoms with Gasteiger partial charge in [0.1, 0.15) is 24.2 Å². The van der Waals surface area contributed by atoms with Gasteiger partial charge in [-0.1, -0.05) is 99.6 Å². The van der Waals surface area contributed by atoms with Gasteiger partial charge in [0.05, 0.1) is 44.2 Å². The number of nitrogens with one attached hydrogen (secondary N) is 2. The zero-order chi connectivity index (χ0) is 49.4. The van der Waals surface area contributed by atoms with Gasteiger partial charge in [-0.3, -0.25) is 33.7 Å². The SMILES string of the molecule is CO/N=C(\C)c1cc(CC2COCCN2CC(=O)C[C@@H](CCc2ccccc2)C(=O)N[C@@H](CC(C)C)C(=O)C[C@@H](Cc2ccccc2)C(=O)N[C@@H](CC(C)C)C(=O)[C@@]2(C)CO2)ccc1OC(C)=O. The highest BCUT2D eigenvalue weighted by Gasteiger charge is 2.50. The second-order valence-electron chi connectivity index (χ2n) is 19.5. The van der Waals surface area contributed by atoms with E-state index in [1.54, 1.807) is 19.9 Å². The number of rotatable bonds is 27. The maximum atomic E-state index is 14.5. The van der Waals surface area contributed by atoms with E-state index in [0.717, 1.165) is 16.7 Å². The molecule has 0 saturated carbocycles. The van der Waals surface area contributed by atoms with Gasteiger partial charge in [0.25, 0.3) is 0 Å². The maximum Gasteiger partial charge on any atom is 0.308 e. The number of epoxide rings is 1. The molecule has 368 valence electrons. The summed E-state index contributed by atoms with van der Waals surface area (Å²) in [6.45, 7) is 14.5. The fourth-order valence-electron chi connectivity index (χ4n) is 8.84. The van der Waals surface area contributed by atoms with Crippen LogP contribution in [0.25, 0.3) is 0 Å². The molecule has 0 aliphatic carbocycles. The van der Waals surface area contributed by atoms with Gasteiger partial charge in [-0.25, -0.2) is 0 Å². The highest BCUT2D eigenvalue weighted by atomic mass is 16.6. The van der Waals surface area contributed by atoms with E-state index < -0.39 is 41.4 Å². The summed E-state index contributed by atoms with van der Waals surface area (Å²) in [7, 11) is 1.44. The molecule has 2 fully saturated rings. The van der Waals surface area contributed by atoms with Crippen molar-refractivity contribution >= 4 is 40.8 Å². The first-order valence-corrected chi connectivity index (χ1v) is 24.1. The molecule has 3 aromatic carbocycles. The number of amides is 2. The molecule has 2 aliphatic rings. The average molecular weight is 937 g/mol. The summed E-state index contributed by atoms with van der Waals surface area (Å²) in [5.74, 6) is -2.88. The van der Waals surface area contributed by atoms with Crippen LogP contribution in [-0.2, 0) is 62.3 Å². The summed E-state index contributed by atoms with van der Waals surface area (Å²) >= 11 is 0. The van der Waals surface area contributed by atoms with Crippen LogP contribution in [0.1, 0.15) is 103 Å². The zero-order valence-electron chi connectivity index (χ0n) is 41.2. The second kappa shape index (κ2) is 25.7. The molecule has 0 spiro atoms. The lowest BCUT2D eigenvalue weighted by Gasteiger charge is -2.35. The van der Waals surface area contributed by atoms with Crippen LogP contribution in [0.3, 0.4) is 0 Å². The van der Waals surface area contributed by atoms with Crippen LogP contribution in [0.15, 0.2) is 84.0 Å². The number of Topliss-reactive ketones (excluding diaryl/α,β-unsaturated/α-hetero) is 3. The first-order chi connectivity index (χ1) is 32.4. The predicted molar refractivity (Wildman–Crippen MR) is 260 cm³/mol. The number of nitrogens with zero attached hydrogens (tertiary/aromatic N) is 2. The van der Waals surface area contributed by atoms with E-state index in [0.29, 0.717) is 75.5 Å². The van der Waals surface area contributed by atoms with Crippen molar-refractivity contribution in [1.29, 1.82) is 0 Å². The number of oxime groups is 1. The van der Waals surface area contributed by atoms with Gasteiger partial charge in [0, 0.05) is 49.8 Å². The van der Waals surface area contributed by atoms with Crippen molar-refractivity contribution in [2.75, 3.05) is 40.0 Å². The van der Waals surface area contributed by atoms with Crippen molar-refractivity contribution in [2.24, 2.45) is 28.8 Å². The molecule has 0 aromatic heterocycles. The molecule has 3 aromatic rings. The quantitative estimate of drug-likeness (QED) is 0.0274. The van der Waals surface area contributed by atoms with E-state index in [9.17, 15) is 28.8 Å². The Kier molecular flexibility index (Phi) is 20.2. The number of hydrogen-bond donors (Lipinski definition) is 2. The first kappa shape index (κ1) is 53.4. The third-order valence-electron chi connectivity index (χ3n) is 12.6. The Balaban J connectivity index is 1.33. The molecular formula is C54H72N4O10. The summed E-state index contributed by atoms with van der Waals surface area (Å²) in [4.78, 5) is 89.9. The van der Waals surface area contributed by atoms with Gasteiger partial charge in [0.2, 0.25) is 11.8 Å². The standard InChI is InChI=1S/C54H72N4O10/c1-35(2)25-47(49(61)31-43(27-40-17-13-10-14-18-40)53(64)56-48(26-36(3)4)51(62)54(7)34-67-54)55-52(63)42(21-19-39-15-11-9-12-16-39)30-45(60)32-58-23-24-66-33-44(58)28-41-20-22-50(68-38(6)59)46(29-41)37(5)57-65-8/h9-18,20,22,29,35-36,42-44,47-48H,19,21,23-28,30-34H2,1-8H3,(H,55,63)(H,56,64)/b57-37+/t42-,43-,44?,47+,48+,54-/m1/s1. The van der Waals surface area contributed by atoms with Crippen LogP contribution in [-0.4, -0.2) is 109 Å². The van der Waals surface area contributed by atoms with Crippen molar-refractivity contribution in [3.63, 3.8) is 0 Å². The molecule has 6 atom stereocenters. The number of hydrogen-bond acceptors (Lipinski definition) is 12. The number of ether oxygens (including phenoxy) is 3. The smallest absolute Gasteiger partial charge is 0.308 e. The topological polar surface area (TPSA) is 182 Å². The molecule has 1 unspecified atom stereocenters. The molecule has 2 aliphatic heterocycles. The van der Waals surface area contributed by atoms with Crippen LogP contribution < -0.4 is 15.4 Å². The van der Waals surface area contributed by atoms with Gasteiger partial charge >= 0.3 is 5.97 Å². The number of ketones is 3. The Morgan fingerprint density at radius 2 is 1.43 bits per heavy atom. The lowest BCUT2D eigenvalue weighted by molar-refractivity contribution is -0.136. The summed E-state index contributed by atoms with van der Waals surface area (Å²) in [5, 5.41) is 10.1. The number of esters is 1. The summed E-state index contributed by atoms with van der Waals surface area (Å²) < 4.78 is 16.8. The molecular weight excluding hydrogens is 865 g/mol. The van der Waals surface area contributed by atoms with Crippen LogP contribution >= 0.6 is 0 Å². The van der Waals surface area contributed by atoms with E-state index in [1.165, 1.54) is 14.0 Å². The normalized spacial score (nSPS) is 19.1. The largest absolute Gasteiger partial charge is 0.426 e. The Morgan fingerprint density at radius 1 is 0.809 bits per heavy atom. The van der Waals surface area contributed by atoms with Crippen molar-refractivity contribution < 1.29 is 47.8 Å². The minimum absolute atomic E-state index is 0.0192. The lowest BCUT2D eigenvalue weighted by Crippen LogP contribution is -2.50. The van der Waals surface area contributed by atoms with Gasteiger partial charge < -0.3 is 29.7 Å². The third kappa shape index (κ3) is 16.6. The van der Waals surface area contributed by atoms with Gasteiger partial charge in [-0.2, -0.15) is 0 Å². The Morgan fingerprint density at radius 3 is 2.04 bits per heavy atom. The molecule has 14 nitrogen and oxygen atoms in total. The Bertz CT molecular complexity index is 2210. The van der Waals surface area contributed by atoms with Crippen molar-refractivity contribution in [1.82, 2.24) is 15.5 Å². The predicted octanol–water partition coefficient (Wildman–Crippen LogP) is 6.67. The van der Waals surface area contributed by atoms with E-state index in [4.69, 9.17) is 19.0 Å². The molecule has 5 rings (SSSR count). The highest BCUT2D eigenvalue weighted by Crippen LogP contribution is 2.30. The summed E-state index contributed by atoms with van der Waals surface area (Å²) in [6.07, 6.45) is 2.29. The monoisotopic (exact) mass is 937 g/mol. The average Bonchev–Trinajstić information content (AvgIpc) is 4.06. The molecule has 68 heavy (non-hydrogen) atoms. The lowest BCUT2D eigenvalue weighted by atomic mass is 9.87. The molecule has 2 saturated heterocycles. The van der Waals surface area contributed by atoms with Gasteiger partial charge in [0.15, 0.2) is 11.6 Å². The number of aryl methyl sites for hydroxylation is 1. The Labute approximate surface area is 402 Å². The maximum absolute atomic E-state index is 14.5. The second-order valence-corrected chi connectivity index (χ2v) is 19.5. The van der Waals surface area contributed by atoms with E-state index >= 15 is 0 Å². The third-order valence-corrected chi connectivity index (χ3v) is 12.6. The van der Waals surface area contributed by atoms with E-state index in [-0.39, 0.29) is 66.9 Å². The van der Waals surface area contributed by atoms with Crippen LogP contribution in [0.5, 0.6) is 5.75 Å². The Hall–Kier alpha value is -5.57. The fraction of sp³-hybridized carbons (Fsp3) is 0.537. The number of benzene rings is 3. The molecule has 0 bridgehead atoms. The molecule has 2 heterocycles. The van der Waals surface area contributed by atoms with Crippen LogP contribution in [0, 0.1) is 23.7 Å². The van der Waals surface area contributed by atoms with Crippen molar-refractivity contribution in [3.8, 4) is 5.75 Å². The zero-order valence-corrected chi connectivity index (χ0v) is 41.2. The van der Waals surface area contributed by atoms with Crippen molar-refractivity contribution in [2.45, 2.75) is 124 Å².